The minimum absolute atomic E-state index is 0.0398. The molecule has 0 saturated carbocycles. The molecule has 6 heteroatoms. The first-order valence-electron chi connectivity index (χ1n) is 5.22. The third-order valence-electron chi connectivity index (χ3n) is 2.23. The van der Waals surface area contributed by atoms with Crippen molar-refractivity contribution in [3.05, 3.63) is 33.9 Å². The maximum atomic E-state index is 10.6. The molecule has 0 aliphatic rings. The summed E-state index contributed by atoms with van der Waals surface area (Å²) in [5, 5.41) is 13.6. The molecule has 94 valence electrons. The van der Waals surface area contributed by atoms with Gasteiger partial charge in [-0.2, -0.15) is 0 Å². The highest BCUT2D eigenvalue weighted by molar-refractivity contribution is 5.43. The maximum Gasteiger partial charge on any atom is 0.270 e. The van der Waals surface area contributed by atoms with Gasteiger partial charge in [-0.15, -0.1) is 0 Å². The van der Waals surface area contributed by atoms with Crippen LogP contribution in [-0.2, 0) is 11.3 Å². The monoisotopic (exact) mass is 240 g/mol. The fourth-order valence-electron chi connectivity index (χ4n) is 1.35. The van der Waals surface area contributed by atoms with Crippen LogP contribution in [0.15, 0.2) is 18.2 Å². The molecule has 0 amide bonds. The van der Waals surface area contributed by atoms with Crippen LogP contribution in [0.25, 0.3) is 0 Å². The zero-order valence-electron chi connectivity index (χ0n) is 9.93. The Morgan fingerprint density at radius 3 is 2.82 bits per heavy atom. The molecule has 0 unspecified atom stereocenters. The van der Waals surface area contributed by atoms with Crippen LogP contribution in [0.1, 0.15) is 5.56 Å². The van der Waals surface area contributed by atoms with E-state index in [1.165, 1.54) is 19.2 Å². The molecular formula is C11H16N2O4. The molecule has 0 aromatic heterocycles. The lowest BCUT2D eigenvalue weighted by atomic mass is 10.2. The van der Waals surface area contributed by atoms with Gasteiger partial charge in [-0.05, 0) is 13.1 Å². The van der Waals surface area contributed by atoms with Gasteiger partial charge in [0.05, 0.1) is 25.2 Å². The van der Waals surface area contributed by atoms with E-state index in [1.54, 1.807) is 6.07 Å². The van der Waals surface area contributed by atoms with Gasteiger partial charge in [-0.3, -0.25) is 10.1 Å². The van der Waals surface area contributed by atoms with E-state index in [2.05, 4.69) is 5.32 Å². The van der Waals surface area contributed by atoms with Crippen molar-refractivity contribution in [3.8, 4) is 5.75 Å². The highest BCUT2D eigenvalue weighted by Crippen LogP contribution is 2.24. The molecule has 0 spiro atoms. The molecule has 1 aromatic rings. The largest absolute Gasteiger partial charge is 0.496 e. The molecule has 0 aliphatic heterocycles. The van der Waals surface area contributed by atoms with Crippen molar-refractivity contribution in [2.75, 3.05) is 27.3 Å². The van der Waals surface area contributed by atoms with Crippen LogP contribution >= 0.6 is 0 Å². The van der Waals surface area contributed by atoms with Gasteiger partial charge in [0.15, 0.2) is 0 Å². The van der Waals surface area contributed by atoms with Gasteiger partial charge in [0, 0.05) is 24.2 Å². The number of hydrogen-bond acceptors (Lipinski definition) is 5. The van der Waals surface area contributed by atoms with Crippen LogP contribution in [0.2, 0.25) is 0 Å². The van der Waals surface area contributed by atoms with E-state index in [9.17, 15) is 10.1 Å². The average molecular weight is 240 g/mol. The smallest absolute Gasteiger partial charge is 0.270 e. The SMILES string of the molecule is CNCCOCc1cc([N+](=O)[O-])ccc1OC. The molecule has 1 aromatic carbocycles. The average Bonchev–Trinajstić information content (AvgIpc) is 2.34. The Balaban J connectivity index is 2.72. The Morgan fingerprint density at radius 2 is 2.24 bits per heavy atom. The summed E-state index contributed by atoms with van der Waals surface area (Å²) in [5.74, 6) is 0.597. The molecule has 0 bridgehead atoms. The van der Waals surface area contributed by atoms with Crippen LogP contribution in [0, 0.1) is 10.1 Å². The van der Waals surface area contributed by atoms with E-state index < -0.39 is 4.92 Å². The van der Waals surface area contributed by atoms with Crippen molar-refractivity contribution in [2.45, 2.75) is 6.61 Å². The van der Waals surface area contributed by atoms with E-state index >= 15 is 0 Å². The van der Waals surface area contributed by atoms with Gasteiger partial charge < -0.3 is 14.8 Å². The van der Waals surface area contributed by atoms with E-state index in [0.29, 0.717) is 24.5 Å². The van der Waals surface area contributed by atoms with Crippen molar-refractivity contribution in [2.24, 2.45) is 0 Å². The first-order chi connectivity index (χ1) is 8.19. The molecule has 0 heterocycles. The van der Waals surface area contributed by atoms with Gasteiger partial charge in [0.1, 0.15) is 5.75 Å². The van der Waals surface area contributed by atoms with E-state index in [1.807, 2.05) is 7.05 Å². The number of nitrogens with zero attached hydrogens (tertiary/aromatic N) is 1. The Labute approximate surface area is 99.7 Å². The molecule has 1 rings (SSSR count). The minimum Gasteiger partial charge on any atom is -0.496 e. The van der Waals surface area contributed by atoms with Gasteiger partial charge in [-0.25, -0.2) is 0 Å². The molecule has 0 aliphatic carbocycles. The lowest BCUT2D eigenvalue weighted by Gasteiger charge is -2.08. The maximum absolute atomic E-state index is 10.6. The number of non-ortho nitro benzene ring substituents is 1. The van der Waals surface area contributed by atoms with E-state index in [0.717, 1.165) is 6.54 Å². The first kappa shape index (κ1) is 13.4. The topological polar surface area (TPSA) is 73.6 Å². The predicted molar refractivity (Wildman–Crippen MR) is 63.2 cm³/mol. The molecule has 1 N–H and O–H groups in total. The summed E-state index contributed by atoms with van der Waals surface area (Å²) in [6.45, 7) is 1.58. The summed E-state index contributed by atoms with van der Waals surface area (Å²) < 4.78 is 10.5. The third kappa shape index (κ3) is 4.01. The number of methoxy groups -OCH3 is 1. The summed E-state index contributed by atoms with van der Waals surface area (Å²) in [6.07, 6.45) is 0. The van der Waals surface area contributed by atoms with Crippen molar-refractivity contribution in [1.82, 2.24) is 5.32 Å². The zero-order valence-corrected chi connectivity index (χ0v) is 9.93. The number of likely N-dealkylation sites (N-methyl/N-ethyl adjacent to an activating group) is 1. The molecule has 17 heavy (non-hydrogen) atoms. The number of ether oxygens (including phenoxy) is 2. The second kappa shape index (κ2) is 6.82. The lowest BCUT2D eigenvalue weighted by molar-refractivity contribution is -0.385. The van der Waals surface area contributed by atoms with Gasteiger partial charge in [-0.1, -0.05) is 0 Å². The molecule has 0 radical (unpaired) electrons. The number of nitrogens with one attached hydrogen (secondary N) is 1. The Kier molecular flexibility index (Phi) is 5.38. The Morgan fingerprint density at radius 1 is 1.47 bits per heavy atom. The van der Waals surface area contributed by atoms with Crippen molar-refractivity contribution >= 4 is 5.69 Å². The molecular weight excluding hydrogens is 224 g/mol. The minimum atomic E-state index is -0.434. The summed E-state index contributed by atoms with van der Waals surface area (Å²) in [6, 6.07) is 4.46. The van der Waals surface area contributed by atoms with Crippen LogP contribution < -0.4 is 10.1 Å². The van der Waals surface area contributed by atoms with Crippen molar-refractivity contribution in [3.63, 3.8) is 0 Å². The van der Waals surface area contributed by atoms with E-state index in [4.69, 9.17) is 9.47 Å². The summed E-state index contributed by atoms with van der Waals surface area (Å²) >= 11 is 0. The number of nitro benzene ring substituents is 1. The predicted octanol–water partition coefficient (Wildman–Crippen LogP) is 1.34. The molecule has 0 saturated heterocycles. The normalized spacial score (nSPS) is 10.2. The Bertz CT molecular complexity index is 382. The molecule has 0 atom stereocenters. The number of benzene rings is 1. The van der Waals surface area contributed by atoms with Gasteiger partial charge in [0.25, 0.3) is 5.69 Å². The van der Waals surface area contributed by atoms with Crippen LogP contribution in [0.4, 0.5) is 5.69 Å². The van der Waals surface area contributed by atoms with Crippen molar-refractivity contribution in [1.29, 1.82) is 0 Å². The van der Waals surface area contributed by atoms with Gasteiger partial charge in [0.2, 0.25) is 0 Å². The van der Waals surface area contributed by atoms with Crippen LogP contribution in [0.5, 0.6) is 5.75 Å². The first-order valence-corrected chi connectivity index (χ1v) is 5.22. The summed E-state index contributed by atoms with van der Waals surface area (Å²) in [4.78, 5) is 10.2. The number of nitro groups is 1. The summed E-state index contributed by atoms with van der Waals surface area (Å²) in [7, 11) is 3.36. The highest BCUT2D eigenvalue weighted by Gasteiger charge is 2.11. The number of hydrogen-bond donors (Lipinski definition) is 1. The van der Waals surface area contributed by atoms with Crippen molar-refractivity contribution < 1.29 is 14.4 Å². The molecule has 0 fully saturated rings. The standard InChI is InChI=1S/C11H16N2O4/c1-12-5-6-17-8-9-7-10(13(14)15)3-4-11(9)16-2/h3-4,7,12H,5-6,8H2,1-2H3. The quantitative estimate of drug-likeness (QED) is 0.442. The highest BCUT2D eigenvalue weighted by atomic mass is 16.6. The number of rotatable bonds is 7. The third-order valence-corrected chi connectivity index (χ3v) is 2.23. The van der Waals surface area contributed by atoms with Gasteiger partial charge >= 0.3 is 0 Å². The van der Waals surface area contributed by atoms with Crippen LogP contribution in [0.3, 0.4) is 0 Å². The fourth-order valence-corrected chi connectivity index (χ4v) is 1.35. The zero-order chi connectivity index (χ0) is 12.7. The molecule has 6 nitrogen and oxygen atoms in total. The lowest BCUT2D eigenvalue weighted by Crippen LogP contribution is -2.14. The Hall–Kier alpha value is -1.66. The fraction of sp³-hybridized carbons (Fsp3) is 0.455. The van der Waals surface area contributed by atoms with E-state index in [-0.39, 0.29) is 5.69 Å². The second-order valence-electron chi connectivity index (χ2n) is 3.41. The second-order valence-corrected chi connectivity index (χ2v) is 3.41. The summed E-state index contributed by atoms with van der Waals surface area (Å²) in [5.41, 5.74) is 0.718. The van der Waals surface area contributed by atoms with Crippen LogP contribution in [-0.4, -0.2) is 32.2 Å².